The highest BCUT2D eigenvalue weighted by Gasteiger charge is 2.40. The van der Waals surface area contributed by atoms with E-state index in [-0.39, 0.29) is 5.41 Å². The summed E-state index contributed by atoms with van der Waals surface area (Å²) in [6, 6.07) is 0. The van der Waals surface area contributed by atoms with Crippen molar-refractivity contribution in [2.45, 2.75) is 33.3 Å². The highest BCUT2D eigenvalue weighted by Crippen LogP contribution is 2.37. The molecule has 0 aromatic carbocycles. The van der Waals surface area contributed by atoms with Crippen LogP contribution in [0.4, 0.5) is 0 Å². The number of rotatable bonds is 1. The molecule has 1 rings (SSSR count). The molecule has 74 valence electrons. The minimum absolute atomic E-state index is 0.256. The van der Waals surface area contributed by atoms with Gasteiger partial charge in [-0.3, -0.25) is 4.68 Å². The van der Waals surface area contributed by atoms with Crippen LogP contribution in [0, 0.1) is 5.41 Å². The highest BCUT2D eigenvalue weighted by molar-refractivity contribution is 5.04. The van der Waals surface area contributed by atoms with Crippen LogP contribution in [0.5, 0.6) is 0 Å². The van der Waals surface area contributed by atoms with Crippen LogP contribution < -0.4 is 0 Å². The lowest BCUT2D eigenvalue weighted by Crippen LogP contribution is -2.39. The van der Waals surface area contributed by atoms with E-state index in [1.165, 1.54) is 6.33 Å². The first-order chi connectivity index (χ1) is 5.77. The fourth-order valence-electron chi connectivity index (χ4n) is 1.07. The average molecular weight is 183 g/mol. The second-order valence-electron chi connectivity index (χ2n) is 4.53. The van der Waals surface area contributed by atoms with Crippen LogP contribution >= 0.6 is 0 Å². The Balaban J connectivity index is 3.15. The summed E-state index contributed by atoms with van der Waals surface area (Å²) in [6.45, 7) is 7.68. The molecule has 4 heteroatoms. The van der Waals surface area contributed by atoms with E-state index in [0.717, 1.165) is 0 Å². The van der Waals surface area contributed by atoms with Crippen LogP contribution in [0.2, 0.25) is 0 Å². The van der Waals surface area contributed by atoms with Gasteiger partial charge in [0.25, 0.3) is 0 Å². The standard InChI is InChI=1S/C9H17N3O/c1-8(2,3)9(4,13)7-10-6-11-12(7)5/h6,13H,1-5H3. The van der Waals surface area contributed by atoms with Gasteiger partial charge in [0.15, 0.2) is 5.82 Å². The van der Waals surface area contributed by atoms with Crippen molar-refractivity contribution < 1.29 is 5.11 Å². The van der Waals surface area contributed by atoms with E-state index in [4.69, 9.17) is 0 Å². The summed E-state index contributed by atoms with van der Waals surface area (Å²) in [7, 11) is 1.78. The van der Waals surface area contributed by atoms with Gasteiger partial charge in [-0.05, 0) is 12.3 Å². The zero-order valence-corrected chi connectivity index (χ0v) is 8.87. The SMILES string of the molecule is Cn1ncnc1C(C)(O)C(C)(C)C. The summed E-state index contributed by atoms with van der Waals surface area (Å²) in [6.07, 6.45) is 1.45. The number of hydrogen-bond donors (Lipinski definition) is 1. The van der Waals surface area contributed by atoms with E-state index in [9.17, 15) is 5.11 Å². The van der Waals surface area contributed by atoms with Gasteiger partial charge in [-0.25, -0.2) is 4.98 Å². The number of hydrogen-bond acceptors (Lipinski definition) is 3. The molecule has 4 nitrogen and oxygen atoms in total. The molecule has 0 spiro atoms. The first-order valence-electron chi connectivity index (χ1n) is 4.33. The molecule has 13 heavy (non-hydrogen) atoms. The van der Waals surface area contributed by atoms with Gasteiger partial charge in [0.2, 0.25) is 0 Å². The van der Waals surface area contributed by atoms with Gasteiger partial charge in [-0.1, -0.05) is 20.8 Å². The topological polar surface area (TPSA) is 50.9 Å². The van der Waals surface area contributed by atoms with Crippen molar-refractivity contribution >= 4 is 0 Å². The fraction of sp³-hybridized carbons (Fsp3) is 0.778. The number of nitrogens with zero attached hydrogens (tertiary/aromatic N) is 3. The second-order valence-corrected chi connectivity index (χ2v) is 4.53. The van der Waals surface area contributed by atoms with Gasteiger partial charge >= 0.3 is 0 Å². The van der Waals surface area contributed by atoms with E-state index in [1.807, 2.05) is 20.8 Å². The van der Waals surface area contributed by atoms with E-state index in [0.29, 0.717) is 5.82 Å². The van der Waals surface area contributed by atoms with Crippen molar-refractivity contribution in [3.63, 3.8) is 0 Å². The van der Waals surface area contributed by atoms with E-state index in [2.05, 4.69) is 10.1 Å². The van der Waals surface area contributed by atoms with Crippen molar-refractivity contribution in [1.82, 2.24) is 14.8 Å². The fourth-order valence-corrected chi connectivity index (χ4v) is 1.07. The third-order valence-electron chi connectivity index (χ3n) is 2.61. The van der Waals surface area contributed by atoms with Gasteiger partial charge in [-0.2, -0.15) is 5.10 Å². The van der Waals surface area contributed by atoms with Crippen molar-refractivity contribution in [1.29, 1.82) is 0 Å². The normalized spacial score (nSPS) is 17.1. The van der Waals surface area contributed by atoms with Gasteiger partial charge < -0.3 is 5.11 Å². The first kappa shape index (κ1) is 10.2. The van der Waals surface area contributed by atoms with E-state index in [1.54, 1.807) is 18.7 Å². The summed E-state index contributed by atoms with van der Waals surface area (Å²) < 4.78 is 1.60. The zero-order chi connectivity index (χ0) is 10.3. The maximum Gasteiger partial charge on any atom is 0.158 e. The van der Waals surface area contributed by atoms with Crippen LogP contribution in [0.1, 0.15) is 33.5 Å². The molecule has 1 aromatic heterocycles. The summed E-state index contributed by atoms with van der Waals surface area (Å²) in [4.78, 5) is 4.06. The molecule has 1 heterocycles. The van der Waals surface area contributed by atoms with E-state index < -0.39 is 5.60 Å². The Morgan fingerprint density at radius 3 is 2.15 bits per heavy atom. The maximum absolute atomic E-state index is 10.3. The summed E-state index contributed by atoms with van der Waals surface area (Å²) in [5.41, 5.74) is -1.22. The molecular formula is C9H17N3O. The summed E-state index contributed by atoms with van der Waals surface area (Å²) in [5, 5.41) is 14.2. The van der Waals surface area contributed by atoms with Crippen LogP contribution in [-0.4, -0.2) is 19.9 Å². The Morgan fingerprint density at radius 1 is 1.31 bits per heavy atom. The summed E-state index contributed by atoms with van der Waals surface area (Å²) >= 11 is 0. The van der Waals surface area contributed by atoms with E-state index >= 15 is 0 Å². The van der Waals surface area contributed by atoms with Crippen molar-refractivity contribution in [2.75, 3.05) is 0 Å². The molecule has 1 aromatic rings. The van der Waals surface area contributed by atoms with Crippen molar-refractivity contribution in [3.05, 3.63) is 12.2 Å². The largest absolute Gasteiger partial charge is 0.382 e. The minimum Gasteiger partial charge on any atom is -0.382 e. The first-order valence-corrected chi connectivity index (χ1v) is 4.33. The third kappa shape index (κ3) is 1.58. The zero-order valence-electron chi connectivity index (χ0n) is 8.87. The lowest BCUT2D eigenvalue weighted by Gasteiger charge is -2.35. The van der Waals surface area contributed by atoms with Gasteiger partial charge in [-0.15, -0.1) is 0 Å². The molecular weight excluding hydrogens is 166 g/mol. The van der Waals surface area contributed by atoms with Crippen LogP contribution in [0.3, 0.4) is 0 Å². The molecule has 1 atom stereocenters. The Kier molecular flexibility index (Phi) is 2.20. The summed E-state index contributed by atoms with van der Waals surface area (Å²) in [5.74, 6) is 0.597. The molecule has 0 amide bonds. The maximum atomic E-state index is 10.3. The van der Waals surface area contributed by atoms with Crippen molar-refractivity contribution in [2.24, 2.45) is 12.5 Å². The Bertz CT molecular complexity index is 296. The Labute approximate surface area is 78.6 Å². The monoisotopic (exact) mass is 183 g/mol. The quantitative estimate of drug-likeness (QED) is 0.708. The molecule has 0 saturated carbocycles. The van der Waals surface area contributed by atoms with Crippen LogP contribution in [0.15, 0.2) is 6.33 Å². The second kappa shape index (κ2) is 2.80. The smallest absolute Gasteiger partial charge is 0.158 e. The predicted octanol–water partition coefficient (Wildman–Crippen LogP) is 1.07. The molecule has 0 saturated heterocycles. The van der Waals surface area contributed by atoms with Gasteiger partial charge in [0.1, 0.15) is 11.9 Å². The lowest BCUT2D eigenvalue weighted by atomic mass is 9.77. The molecule has 0 aliphatic heterocycles. The number of aliphatic hydroxyl groups is 1. The van der Waals surface area contributed by atoms with Crippen molar-refractivity contribution in [3.8, 4) is 0 Å². The lowest BCUT2D eigenvalue weighted by molar-refractivity contribution is -0.0571. The number of aromatic nitrogens is 3. The highest BCUT2D eigenvalue weighted by atomic mass is 16.3. The Hall–Kier alpha value is -0.900. The Morgan fingerprint density at radius 2 is 1.85 bits per heavy atom. The van der Waals surface area contributed by atoms with Gasteiger partial charge in [0, 0.05) is 7.05 Å². The molecule has 0 fully saturated rings. The molecule has 1 N–H and O–H groups in total. The minimum atomic E-state index is -0.960. The molecule has 0 radical (unpaired) electrons. The third-order valence-corrected chi connectivity index (χ3v) is 2.61. The van der Waals surface area contributed by atoms with Crippen LogP contribution in [-0.2, 0) is 12.6 Å². The van der Waals surface area contributed by atoms with Crippen LogP contribution in [0.25, 0.3) is 0 Å². The predicted molar refractivity (Wildman–Crippen MR) is 50.0 cm³/mol. The molecule has 0 aliphatic carbocycles. The van der Waals surface area contributed by atoms with Gasteiger partial charge in [0.05, 0.1) is 0 Å². The average Bonchev–Trinajstić information content (AvgIpc) is 2.32. The molecule has 1 unspecified atom stereocenters. The molecule has 0 bridgehead atoms. The molecule has 0 aliphatic rings. The number of aryl methyl sites for hydroxylation is 1.